The molecule has 0 saturated heterocycles. The number of hydrogen-bond acceptors (Lipinski definition) is 5. The zero-order valence-corrected chi connectivity index (χ0v) is 10.7. The van der Waals surface area contributed by atoms with Gasteiger partial charge in [0.05, 0.1) is 12.2 Å². The van der Waals surface area contributed by atoms with Crippen molar-refractivity contribution in [2.75, 3.05) is 12.3 Å². The number of benzene rings is 1. The van der Waals surface area contributed by atoms with E-state index in [-0.39, 0.29) is 6.61 Å². The third-order valence-corrected chi connectivity index (χ3v) is 2.54. The van der Waals surface area contributed by atoms with Crippen molar-refractivity contribution in [1.82, 2.24) is 0 Å². The number of ether oxygens (including phenoxy) is 2. The van der Waals surface area contributed by atoms with Crippen molar-refractivity contribution in [1.29, 1.82) is 0 Å². The van der Waals surface area contributed by atoms with Crippen LogP contribution in [-0.4, -0.2) is 35.3 Å². The second kappa shape index (κ2) is 7.20. The topological polar surface area (TPSA) is 84.9 Å². The van der Waals surface area contributed by atoms with Crippen LogP contribution in [0.3, 0.4) is 0 Å². The Balaban J connectivity index is 2.36. The van der Waals surface area contributed by atoms with Gasteiger partial charge in [0.1, 0.15) is 12.4 Å². The van der Waals surface area contributed by atoms with Gasteiger partial charge in [0, 0.05) is 5.69 Å². The third-order valence-electron chi connectivity index (χ3n) is 2.54. The van der Waals surface area contributed by atoms with Crippen molar-refractivity contribution in [3.8, 4) is 5.75 Å². The standard InChI is InChI=1S/C13H21NO4/c1-3-12(9(2)15)18-13(16)8-17-11-6-4-10(14)5-7-11/h4-7,9,12-13,15-16H,3,8,14H2,1-2H3. The Kier molecular flexibility index (Phi) is 5.91. The summed E-state index contributed by atoms with van der Waals surface area (Å²) >= 11 is 0. The summed E-state index contributed by atoms with van der Waals surface area (Å²) in [5.74, 6) is 0.608. The number of nitrogens with two attached hydrogens (primary N) is 1. The minimum atomic E-state index is -1.07. The Bertz CT molecular complexity index is 339. The van der Waals surface area contributed by atoms with Gasteiger partial charge >= 0.3 is 0 Å². The molecule has 0 spiro atoms. The lowest BCUT2D eigenvalue weighted by molar-refractivity contribution is -0.174. The zero-order valence-electron chi connectivity index (χ0n) is 10.7. The molecule has 0 bridgehead atoms. The van der Waals surface area contributed by atoms with Gasteiger partial charge in [-0.05, 0) is 37.6 Å². The summed E-state index contributed by atoms with van der Waals surface area (Å²) in [6.45, 7) is 3.51. The van der Waals surface area contributed by atoms with Gasteiger partial charge in [-0.15, -0.1) is 0 Å². The number of rotatable bonds is 7. The maximum Gasteiger partial charge on any atom is 0.189 e. The molecule has 0 aliphatic rings. The van der Waals surface area contributed by atoms with E-state index in [4.69, 9.17) is 15.2 Å². The molecule has 4 N–H and O–H groups in total. The van der Waals surface area contributed by atoms with Crippen LogP contribution in [0, 0.1) is 0 Å². The van der Waals surface area contributed by atoms with Crippen molar-refractivity contribution in [3.05, 3.63) is 24.3 Å². The van der Waals surface area contributed by atoms with Gasteiger partial charge in [-0.3, -0.25) is 0 Å². The molecule has 0 fully saturated rings. The lowest BCUT2D eigenvalue weighted by Crippen LogP contribution is -2.33. The molecule has 0 saturated carbocycles. The fourth-order valence-electron chi connectivity index (χ4n) is 1.52. The van der Waals surface area contributed by atoms with Gasteiger partial charge in [0.25, 0.3) is 0 Å². The normalized spacial score (nSPS) is 16.0. The molecule has 5 heteroatoms. The summed E-state index contributed by atoms with van der Waals surface area (Å²) in [5, 5.41) is 19.0. The summed E-state index contributed by atoms with van der Waals surface area (Å²) in [7, 11) is 0. The highest BCUT2D eigenvalue weighted by atomic mass is 16.6. The summed E-state index contributed by atoms with van der Waals surface area (Å²) in [6, 6.07) is 6.86. The summed E-state index contributed by atoms with van der Waals surface area (Å²) in [6.07, 6.45) is -1.46. The summed E-state index contributed by atoms with van der Waals surface area (Å²) in [4.78, 5) is 0. The fraction of sp³-hybridized carbons (Fsp3) is 0.538. The van der Waals surface area contributed by atoms with Gasteiger partial charge in [-0.25, -0.2) is 0 Å². The number of aliphatic hydroxyl groups excluding tert-OH is 2. The van der Waals surface area contributed by atoms with Gasteiger partial charge in [0.2, 0.25) is 0 Å². The van der Waals surface area contributed by atoms with Crippen LogP contribution >= 0.6 is 0 Å². The van der Waals surface area contributed by atoms with Gasteiger partial charge in [0.15, 0.2) is 6.29 Å². The largest absolute Gasteiger partial charge is 0.488 e. The van der Waals surface area contributed by atoms with E-state index in [0.717, 1.165) is 0 Å². The maximum absolute atomic E-state index is 9.63. The van der Waals surface area contributed by atoms with Crippen LogP contribution < -0.4 is 10.5 Å². The molecule has 1 aromatic rings. The Labute approximate surface area is 107 Å². The first-order chi connectivity index (χ1) is 8.52. The van der Waals surface area contributed by atoms with E-state index in [1.54, 1.807) is 31.2 Å². The van der Waals surface area contributed by atoms with Gasteiger partial charge < -0.3 is 25.4 Å². The molecule has 3 atom stereocenters. The average molecular weight is 255 g/mol. The van der Waals surface area contributed by atoms with E-state index < -0.39 is 18.5 Å². The van der Waals surface area contributed by atoms with Crippen molar-refractivity contribution in [2.24, 2.45) is 0 Å². The molecule has 0 aliphatic heterocycles. The first-order valence-electron chi connectivity index (χ1n) is 6.02. The zero-order chi connectivity index (χ0) is 13.5. The lowest BCUT2D eigenvalue weighted by atomic mass is 10.2. The van der Waals surface area contributed by atoms with Crippen LogP contribution in [0.25, 0.3) is 0 Å². The highest BCUT2D eigenvalue weighted by Gasteiger charge is 2.18. The Morgan fingerprint density at radius 3 is 2.33 bits per heavy atom. The third kappa shape index (κ3) is 4.91. The van der Waals surface area contributed by atoms with E-state index in [1.165, 1.54) is 0 Å². The molecular formula is C13H21NO4. The summed E-state index contributed by atoms with van der Waals surface area (Å²) < 4.78 is 10.6. The lowest BCUT2D eigenvalue weighted by Gasteiger charge is -2.22. The number of anilines is 1. The van der Waals surface area contributed by atoms with Crippen LogP contribution in [-0.2, 0) is 4.74 Å². The summed E-state index contributed by atoms with van der Waals surface area (Å²) in [5.41, 5.74) is 6.19. The molecular weight excluding hydrogens is 234 g/mol. The Morgan fingerprint density at radius 1 is 1.22 bits per heavy atom. The maximum atomic E-state index is 9.63. The molecule has 3 unspecified atom stereocenters. The van der Waals surface area contributed by atoms with E-state index in [0.29, 0.717) is 17.9 Å². The first kappa shape index (κ1) is 14.8. The van der Waals surface area contributed by atoms with Crippen LogP contribution in [0.4, 0.5) is 5.69 Å². The predicted molar refractivity (Wildman–Crippen MR) is 69.2 cm³/mol. The first-order valence-corrected chi connectivity index (χ1v) is 6.02. The number of aliphatic hydroxyl groups is 2. The van der Waals surface area contributed by atoms with Crippen molar-refractivity contribution >= 4 is 5.69 Å². The van der Waals surface area contributed by atoms with Crippen molar-refractivity contribution < 1.29 is 19.7 Å². The molecule has 0 aromatic heterocycles. The Morgan fingerprint density at radius 2 is 1.83 bits per heavy atom. The second-order valence-electron chi connectivity index (χ2n) is 4.16. The molecule has 18 heavy (non-hydrogen) atoms. The molecule has 0 amide bonds. The van der Waals surface area contributed by atoms with Crippen LogP contribution in [0.1, 0.15) is 20.3 Å². The molecule has 1 rings (SSSR count). The highest BCUT2D eigenvalue weighted by molar-refractivity contribution is 5.41. The van der Waals surface area contributed by atoms with Crippen LogP contribution in [0.15, 0.2) is 24.3 Å². The molecule has 0 radical (unpaired) electrons. The van der Waals surface area contributed by atoms with E-state index in [9.17, 15) is 10.2 Å². The molecule has 0 heterocycles. The average Bonchev–Trinajstić information content (AvgIpc) is 2.35. The monoisotopic (exact) mass is 255 g/mol. The molecule has 102 valence electrons. The van der Waals surface area contributed by atoms with E-state index in [2.05, 4.69) is 0 Å². The van der Waals surface area contributed by atoms with Crippen LogP contribution in [0.5, 0.6) is 5.75 Å². The van der Waals surface area contributed by atoms with Crippen molar-refractivity contribution in [2.45, 2.75) is 38.8 Å². The second-order valence-corrected chi connectivity index (χ2v) is 4.16. The van der Waals surface area contributed by atoms with E-state index >= 15 is 0 Å². The minimum Gasteiger partial charge on any atom is -0.488 e. The SMILES string of the molecule is CCC(OC(O)COc1ccc(N)cc1)C(C)O. The smallest absolute Gasteiger partial charge is 0.189 e. The molecule has 5 nitrogen and oxygen atoms in total. The minimum absolute atomic E-state index is 0.00708. The highest BCUT2D eigenvalue weighted by Crippen LogP contribution is 2.14. The number of nitrogen functional groups attached to an aromatic ring is 1. The predicted octanol–water partition coefficient (Wildman–Crippen LogP) is 1.14. The Hall–Kier alpha value is -1.30. The van der Waals surface area contributed by atoms with E-state index in [1.807, 2.05) is 6.92 Å². The number of hydrogen-bond donors (Lipinski definition) is 3. The van der Waals surface area contributed by atoms with Gasteiger partial charge in [-0.2, -0.15) is 0 Å². The quantitative estimate of drug-likeness (QED) is 0.502. The van der Waals surface area contributed by atoms with Crippen LogP contribution in [0.2, 0.25) is 0 Å². The fourth-order valence-corrected chi connectivity index (χ4v) is 1.52. The van der Waals surface area contributed by atoms with Gasteiger partial charge in [-0.1, -0.05) is 6.92 Å². The molecule has 0 aliphatic carbocycles. The van der Waals surface area contributed by atoms with Crippen molar-refractivity contribution in [3.63, 3.8) is 0 Å². The molecule has 1 aromatic carbocycles.